The molecule has 0 spiro atoms. The number of hydrogen-bond donors (Lipinski definition) is 2. The van der Waals surface area contributed by atoms with Crippen LogP contribution in [0.5, 0.6) is 11.5 Å². The largest absolute Gasteiger partial charge is 0.504 e. The third-order valence-corrected chi connectivity index (χ3v) is 6.66. The van der Waals surface area contributed by atoms with E-state index in [0.29, 0.717) is 28.8 Å². The molecule has 3 heterocycles. The molecule has 1 aliphatic heterocycles. The van der Waals surface area contributed by atoms with Gasteiger partial charge < -0.3 is 19.5 Å². The fraction of sp³-hybridized carbons (Fsp3) is 0.308. The fourth-order valence-corrected chi connectivity index (χ4v) is 5.02. The van der Waals surface area contributed by atoms with E-state index in [0.717, 1.165) is 21.4 Å². The standard InChI is InChI=1S/C26H27N3O5/c1-14-7-6-8-15(11-14)20-19-21(27(4)25(33)28(5)24(19)32)22-23(34-13-26(2,3)29(20)22)16-9-10-17(30)18(31)12-16/h6-12,23,30-31H,13H2,1-5H3/t23-/m1/s1. The summed E-state index contributed by atoms with van der Waals surface area (Å²) in [6.07, 6.45) is -0.668. The summed E-state index contributed by atoms with van der Waals surface area (Å²) in [4.78, 5) is 26.6. The molecule has 1 aliphatic rings. The van der Waals surface area contributed by atoms with Crippen molar-refractivity contribution in [3.8, 4) is 22.8 Å². The van der Waals surface area contributed by atoms with E-state index < -0.39 is 17.3 Å². The van der Waals surface area contributed by atoms with Gasteiger partial charge >= 0.3 is 5.69 Å². The number of phenolic OH excluding ortho intramolecular Hbond substituents is 2. The molecule has 8 nitrogen and oxygen atoms in total. The Morgan fingerprint density at radius 3 is 2.41 bits per heavy atom. The number of benzene rings is 2. The minimum atomic E-state index is -0.668. The van der Waals surface area contributed by atoms with E-state index in [4.69, 9.17) is 4.74 Å². The van der Waals surface area contributed by atoms with E-state index in [1.54, 1.807) is 13.1 Å². The van der Waals surface area contributed by atoms with Gasteiger partial charge in [-0.25, -0.2) is 4.79 Å². The Bertz CT molecular complexity index is 1590. The quantitative estimate of drug-likeness (QED) is 0.447. The lowest BCUT2D eigenvalue weighted by molar-refractivity contribution is -0.00716. The summed E-state index contributed by atoms with van der Waals surface area (Å²) in [5.41, 5.74) is 3.06. The molecule has 0 aliphatic carbocycles. The Labute approximate surface area is 195 Å². The van der Waals surface area contributed by atoms with Gasteiger partial charge in [-0.05, 0) is 50.1 Å². The van der Waals surface area contributed by atoms with Crippen LogP contribution in [0.2, 0.25) is 0 Å². The van der Waals surface area contributed by atoms with E-state index in [-0.39, 0.29) is 17.1 Å². The molecule has 0 fully saturated rings. The number of fused-ring (bicyclic) bond motifs is 3. The van der Waals surface area contributed by atoms with Gasteiger partial charge in [-0.1, -0.05) is 29.8 Å². The molecule has 5 rings (SSSR count). The van der Waals surface area contributed by atoms with Crippen molar-refractivity contribution >= 4 is 10.9 Å². The predicted octanol–water partition coefficient (Wildman–Crippen LogP) is 3.28. The SMILES string of the molecule is Cc1cccc(-c2c3c(=O)n(C)c(=O)n(C)c3c3n2C(C)(C)CO[C@@H]3c2ccc(O)c(O)c2)c1. The van der Waals surface area contributed by atoms with E-state index in [2.05, 4.69) is 4.57 Å². The van der Waals surface area contributed by atoms with Crippen LogP contribution in [0, 0.1) is 6.92 Å². The van der Waals surface area contributed by atoms with Crippen molar-refractivity contribution in [1.82, 2.24) is 13.7 Å². The van der Waals surface area contributed by atoms with Crippen LogP contribution in [-0.2, 0) is 24.4 Å². The second-order valence-corrected chi connectivity index (χ2v) is 9.62. The first kappa shape index (κ1) is 22.0. The van der Waals surface area contributed by atoms with Crippen LogP contribution in [0.15, 0.2) is 52.1 Å². The van der Waals surface area contributed by atoms with Crippen molar-refractivity contribution < 1.29 is 14.9 Å². The Kier molecular flexibility index (Phi) is 4.77. The van der Waals surface area contributed by atoms with Crippen LogP contribution >= 0.6 is 0 Å². The topological polar surface area (TPSA) is 98.6 Å². The van der Waals surface area contributed by atoms with Crippen LogP contribution in [0.4, 0.5) is 0 Å². The van der Waals surface area contributed by atoms with E-state index in [1.165, 1.54) is 23.7 Å². The van der Waals surface area contributed by atoms with Crippen molar-refractivity contribution in [2.24, 2.45) is 14.1 Å². The molecule has 2 aromatic carbocycles. The molecule has 8 heteroatoms. The monoisotopic (exact) mass is 461 g/mol. The molecule has 34 heavy (non-hydrogen) atoms. The molecule has 0 radical (unpaired) electrons. The number of nitrogens with zero attached hydrogens (tertiary/aromatic N) is 3. The second kappa shape index (κ2) is 7.36. The highest BCUT2D eigenvalue weighted by Gasteiger charge is 2.40. The molecule has 0 saturated heterocycles. The zero-order chi connectivity index (χ0) is 24.5. The van der Waals surface area contributed by atoms with Crippen molar-refractivity contribution in [2.45, 2.75) is 32.4 Å². The molecule has 0 bridgehead atoms. The molecule has 0 unspecified atom stereocenters. The van der Waals surface area contributed by atoms with Crippen LogP contribution in [0.3, 0.4) is 0 Å². The normalized spacial score (nSPS) is 17.1. The number of phenols is 2. The molecule has 1 atom stereocenters. The van der Waals surface area contributed by atoms with E-state index in [1.807, 2.05) is 45.0 Å². The van der Waals surface area contributed by atoms with Crippen LogP contribution in [-0.4, -0.2) is 30.5 Å². The average molecular weight is 462 g/mol. The molecule has 176 valence electrons. The van der Waals surface area contributed by atoms with Crippen LogP contribution in [0.25, 0.3) is 22.2 Å². The lowest BCUT2D eigenvalue weighted by Crippen LogP contribution is -2.40. The van der Waals surface area contributed by atoms with Gasteiger partial charge in [-0.3, -0.25) is 13.9 Å². The second-order valence-electron chi connectivity index (χ2n) is 9.62. The molecule has 2 N–H and O–H groups in total. The van der Waals surface area contributed by atoms with Gasteiger partial charge in [0.15, 0.2) is 11.5 Å². The van der Waals surface area contributed by atoms with Gasteiger partial charge in [0, 0.05) is 14.1 Å². The lowest BCUT2D eigenvalue weighted by Gasteiger charge is -2.39. The maximum absolute atomic E-state index is 13.6. The van der Waals surface area contributed by atoms with Crippen molar-refractivity contribution in [1.29, 1.82) is 0 Å². The summed E-state index contributed by atoms with van der Waals surface area (Å²) in [7, 11) is 3.13. The first-order chi connectivity index (χ1) is 16.0. The summed E-state index contributed by atoms with van der Waals surface area (Å²) >= 11 is 0. The summed E-state index contributed by atoms with van der Waals surface area (Å²) in [6.45, 7) is 6.39. The van der Waals surface area contributed by atoms with Gasteiger partial charge in [0.25, 0.3) is 5.56 Å². The van der Waals surface area contributed by atoms with Crippen molar-refractivity contribution in [3.63, 3.8) is 0 Å². The highest BCUT2D eigenvalue weighted by atomic mass is 16.5. The zero-order valence-corrected chi connectivity index (χ0v) is 19.8. The van der Waals surface area contributed by atoms with Gasteiger partial charge in [-0.2, -0.15) is 0 Å². The molecular weight excluding hydrogens is 434 g/mol. The fourth-order valence-electron chi connectivity index (χ4n) is 5.02. The van der Waals surface area contributed by atoms with E-state index >= 15 is 0 Å². The third kappa shape index (κ3) is 3.02. The molecule has 0 saturated carbocycles. The van der Waals surface area contributed by atoms with Crippen LogP contribution in [0.1, 0.15) is 36.8 Å². The number of ether oxygens (including phenoxy) is 1. The summed E-state index contributed by atoms with van der Waals surface area (Å²) in [6, 6.07) is 12.5. The van der Waals surface area contributed by atoms with Crippen molar-refractivity contribution in [3.05, 3.63) is 80.1 Å². The van der Waals surface area contributed by atoms with Crippen LogP contribution < -0.4 is 11.2 Å². The van der Waals surface area contributed by atoms with Gasteiger partial charge in [0.05, 0.1) is 34.4 Å². The minimum Gasteiger partial charge on any atom is -0.504 e. The number of rotatable bonds is 2. The molecule has 4 aromatic rings. The molecular formula is C26H27N3O5. The third-order valence-electron chi connectivity index (χ3n) is 6.66. The molecule has 2 aromatic heterocycles. The first-order valence-electron chi connectivity index (χ1n) is 11.1. The number of aryl methyl sites for hydroxylation is 2. The van der Waals surface area contributed by atoms with Gasteiger partial charge in [0.2, 0.25) is 0 Å². The predicted molar refractivity (Wildman–Crippen MR) is 129 cm³/mol. The maximum atomic E-state index is 13.6. The summed E-state index contributed by atoms with van der Waals surface area (Å²) in [5.74, 6) is -0.501. The Morgan fingerprint density at radius 2 is 1.74 bits per heavy atom. The molecule has 0 amide bonds. The zero-order valence-electron chi connectivity index (χ0n) is 19.8. The number of hydrogen-bond acceptors (Lipinski definition) is 5. The average Bonchev–Trinajstić information content (AvgIpc) is 3.16. The highest BCUT2D eigenvalue weighted by Crippen LogP contribution is 2.46. The van der Waals surface area contributed by atoms with Gasteiger partial charge in [-0.15, -0.1) is 0 Å². The number of aromatic nitrogens is 3. The Morgan fingerprint density at radius 1 is 1.00 bits per heavy atom. The Hall–Kier alpha value is -3.78. The van der Waals surface area contributed by atoms with Crippen molar-refractivity contribution in [2.75, 3.05) is 6.61 Å². The van der Waals surface area contributed by atoms with Gasteiger partial charge in [0.1, 0.15) is 6.10 Å². The maximum Gasteiger partial charge on any atom is 0.331 e. The Balaban J connectivity index is 2.01. The lowest BCUT2D eigenvalue weighted by atomic mass is 9.97. The highest BCUT2D eigenvalue weighted by molar-refractivity contribution is 5.97. The summed E-state index contributed by atoms with van der Waals surface area (Å²) in [5, 5.41) is 20.4. The first-order valence-corrected chi connectivity index (χ1v) is 11.1. The number of aromatic hydroxyl groups is 2. The summed E-state index contributed by atoms with van der Waals surface area (Å²) < 4.78 is 11.0. The smallest absolute Gasteiger partial charge is 0.331 e. The minimum absolute atomic E-state index is 0.234. The van der Waals surface area contributed by atoms with E-state index in [9.17, 15) is 19.8 Å².